The maximum absolute atomic E-state index is 12.2. The van der Waals surface area contributed by atoms with Crippen molar-refractivity contribution in [1.82, 2.24) is 4.90 Å². The Morgan fingerprint density at radius 1 is 1.19 bits per heavy atom. The fraction of sp³-hybridized carbons (Fsp3) is 0.235. The van der Waals surface area contributed by atoms with Crippen molar-refractivity contribution in [2.24, 2.45) is 0 Å². The molecule has 3 rings (SSSR count). The third-order valence-electron chi connectivity index (χ3n) is 3.82. The van der Waals surface area contributed by atoms with E-state index >= 15 is 0 Å². The van der Waals surface area contributed by atoms with E-state index in [4.69, 9.17) is 11.6 Å². The molecule has 4 heteroatoms. The minimum Gasteiger partial charge on any atom is -0.381 e. The lowest BCUT2D eigenvalue weighted by Crippen LogP contribution is -2.22. The van der Waals surface area contributed by atoms with Crippen LogP contribution in [0.2, 0.25) is 5.02 Å². The van der Waals surface area contributed by atoms with E-state index in [1.165, 1.54) is 0 Å². The highest BCUT2D eigenvalue weighted by molar-refractivity contribution is 6.30. The van der Waals surface area contributed by atoms with E-state index in [2.05, 4.69) is 5.32 Å². The molecule has 3 nitrogen and oxygen atoms in total. The lowest BCUT2D eigenvalue weighted by Gasteiger charge is -2.13. The van der Waals surface area contributed by atoms with Gasteiger partial charge in [0.05, 0.1) is 0 Å². The van der Waals surface area contributed by atoms with Crippen LogP contribution in [0, 0.1) is 0 Å². The van der Waals surface area contributed by atoms with Gasteiger partial charge in [-0.2, -0.15) is 0 Å². The van der Waals surface area contributed by atoms with Gasteiger partial charge in [-0.3, -0.25) is 4.79 Å². The first-order valence-corrected chi connectivity index (χ1v) is 7.46. The summed E-state index contributed by atoms with van der Waals surface area (Å²) in [5.41, 5.74) is 4.11. The molecule has 2 aromatic rings. The lowest BCUT2D eigenvalue weighted by molar-refractivity contribution is 0.0787. The van der Waals surface area contributed by atoms with Crippen molar-refractivity contribution in [3.05, 3.63) is 64.2 Å². The molecular weight excluding hydrogens is 284 g/mol. The van der Waals surface area contributed by atoms with Crippen LogP contribution >= 0.6 is 11.6 Å². The molecule has 0 bridgehead atoms. The largest absolute Gasteiger partial charge is 0.381 e. The second-order valence-electron chi connectivity index (χ2n) is 5.13. The van der Waals surface area contributed by atoms with Crippen molar-refractivity contribution in [2.45, 2.75) is 20.0 Å². The lowest BCUT2D eigenvalue weighted by atomic mass is 10.1. The van der Waals surface area contributed by atoms with Crippen molar-refractivity contribution in [1.29, 1.82) is 0 Å². The summed E-state index contributed by atoms with van der Waals surface area (Å²) >= 11 is 5.89. The summed E-state index contributed by atoms with van der Waals surface area (Å²) in [5.74, 6) is 0.127. The van der Waals surface area contributed by atoms with Gasteiger partial charge in [0.1, 0.15) is 0 Å². The van der Waals surface area contributed by atoms with Crippen molar-refractivity contribution in [3.8, 4) is 0 Å². The average Bonchev–Trinajstić information content (AvgIpc) is 2.84. The number of carbonyl (C=O) groups excluding carboxylic acids is 1. The van der Waals surface area contributed by atoms with Crippen LogP contribution in [0.3, 0.4) is 0 Å². The Bertz CT molecular complexity index is 667. The molecule has 1 aliphatic heterocycles. The minimum atomic E-state index is 0.127. The van der Waals surface area contributed by atoms with E-state index in [-0.39, 0.29) is 5.91 Å². The van der Waals surface area contributed by atoms with Crippen LogP contribution in [0.15, 0.2) is 42.5 Å². The van der Waals surface area contributed by atoms with Crippen LogP contribution in [0.5, 0.6) is 0 Å². The Kier molecular flexibility index (Phi) is 3.84. The van der Waals surface area contributed by atoms with E-state index in [0.717, 1.165) is 33.9 Å². The van der Waals surface area contributed by atoms with Gasteiger partial charge in [0.15, 0.2) is 0 Å². The van der Waals surface area contributed by atoms with Gasteiger partial charge in [-0.25, -0.2) is 0 Å². The molecule has 0 unspecified atom stereocenters. The Hall–Kier alpha value is -2.00. The van der Waals surface area contributed by atoms with Gasteiger partial charge in [-0.05, 0) is 36.8 Å². The number of carbonyl (C=O) groups is 1. The smallest absolute Gasteiger partial charge is 0.254 e. The zero-order valence-corrected chi connectivity index (χ0v) is 12.7. The monoisotopic (exact) mass is 300 g/mol. The molecule has 0 spiro atoms. The molecule has 108 valence electrons. The third kappa shape index (κ3) is 2.74. The summed E-state index contributed by atoms with van der Waals surface area (Å²) in [4.78, 5) is 14.0. The highest BCUT2D eigenvalue weighted by atomic mass is 35.5. The first kappa shape index (κ1) is 14.0. The summed E-state index contributed by atoms with van der Waals surface area (Å²) in [6.07, 6.45) is 0. The summed E-state index contributed by atoms with van der Waals surface area (Å²) in [6, 6.07) is 13.6. The van der Waals surface area contributed by atoms with Gasteiger partial charge >= 0.3 is 0 Å². The zero-order chi connectivity index (χ0) is 14.8. The quantitative estimate of drug-likeness (QED) is 0.928. The Balaban J connectivity index is 1.79. The molecule has 1 aliphatic rings. The number of nitrogens with zero attached hydrogens (tertiary/aromatic N) is 1. The van der Waals surface area contributed by atoms with E-state index in [1.54, 1.807) is 0 Å². The number of hydrogen-bond acceptors (Lipinski definition) is 2. The zero-order valence-electron chi connectivity index (χ0n) is 11.9. The molecule has 0 atom stereocenters. The van der Waals surface area contributed by atoms with E-state index in [1.807, 2.05) is 54.3 Å². The van der Waals surface area contributed by atoms with Crippen LogP contribution in [0.1, 0.15) is 28.4 Å². The first-order chi connectivity index (χ1) is 10.2. The van der Waals surface area contributed by atoms with Gasteiger partial charge in [0.25, 0.3) is 5.91 Å². The average molecular weight is 301 g/mol. The molecular formula is C17H17ClN2O. The van der Waals surface area contributed by atoms with Crippen molar-refractivity contribution in [2.75, 3.05) is 11.9 Å². The molecule has 21 heavy (non-hydrogen) atoms. The van der Waals surface area contributed by atoms with E-state index < -0.39 is 0 Å². The normalized spacial score (nSPS) is 13.4. The molecule has 0 radical (unpaired) electrons. The molecule has 0 saturated heterocycles. The highest BCUT2D eigenvalue weighted by Gasteiger charge is 2.27. The van der Waals surface area contributed by atoms with Crippen molar-refractivity contribution >= 4 is 23.2 Å². The number of halogens is 1. The molecule has 0 aliphatic carbocycles. The number of anilines is 1. The molecule has 1 heterocycles. The molecule has 2 aromatic carbocycles. The summed E-state index contributed by atoms with van der Waals surface area (Å²) in [5, 5.41) is 4.16. The topological polar surface area (TPSA) is 32.3 Å². The first-order valence-electron chi connectivity index (χ1n) is 7.08. The predicted octanol–water partition coefficient (Wildman–Crippen LogP) is 3.93. The summed E-state index contributed by atoms with van der Waals surface area (Å²) in [7, 11) is 0. The van der Waals surface area contributed by atoms with Crippen molar-refractivity contribution < 1.29 is 4.79 Å². The Labute approximate surface area is 129 Å². The third-order valence-corrected chi connectivity index (χ3v) is 4.07. The van der Waals surface area contributed by atoms with E-state index in [0.29, 0.717) is 13.1 Å². The SMILES string of the molecule is CCN1Cc2c(NCc3ccc(Cl)cc3)cccc2C1=O. The Morgan fingerprint density at radius 3 is 2.67 bits per heavy atom. The Morgan fingerprint density at radius 2 is 1.95 bits per heavy atom. The summed E-state index contributed by atoms with van der Waals surface area (Å²) in [6.45, 7) is 4.15. The van der Waals surface area contributed by atoms with Gasteiger partial charge in [-0.1, -0.05) is 29.8 Å². The number of hydrogen-bond donors (Lipinski definition) is 1. The maximum Gasteiger partial charge on any atom is 0.254 e. The van der Waals surface area contributed by atoms with E-state index in [9.17, 15) is 4.79 Å². The molecule has 0 fully saturated rings. The number of benzene rings is 2. The van der Waals surface area contributed by atoms with Crippen LogP contribution < -0.4 is 5.32 Å². The van der Waals surface area contributed by atoms with Gasteiger partial charge in [0.2, 0.25) is 0 Å². The molecule has 0 aromatic heterocycles. The maximum atomic E-state index is 12.2. The number of amides is 1. The second-order valence-corrected chi connectivity index (χ2v) is 5.57. The van der Waals surface area contributed by atoms with Crippen molar-refractivity contribution in [3.63, 3.8) is 0 Å². The predicted molar refractivity (Wildman–Crippen MR) is 85.6 cm³/mol. The highest BCUT2D eigenvalue weighted by Crippen LogP contribution is 2.29. The van der Waals surface area contributed by atoms with Gasteiger partial charge in [-0.15, -0.1) is 0 Å². The van der Waals surface area contributed by atoms with Gasteiger partial charge in [0, 0.05) is 41.5 Å². The number of rotatable bonds is 4. The number of fused-ring (bicyclic) bond motifs is 1. The fourth-order valence-corrected chi connectivity index (χ4v) is 2.74. The van der Waals surface area contributed by atoms with Crippen LogP contribution in [-0.2, 0) is 13.1 Å². The summed E-state index contributed by atoms with van der Waals surface area (Å²) < 4.78 is 0. The minimum absolute atomic E-state index is 0.127. The van der Waals surface area contributed by atoms with Crippen LogP contribution in [-0.4, -0.2) is 17.4 Å². The standard InChI is InChI=1S/C17H17ClN2O/c1-2-20-11-15-14(17(20)21)4-3-5-16(15)19-10-12-6-8-13(18)9-7-12/h3-9,19H,2,10-11H2,1H3. The second kappa shape index (κ2) is 5.78. The van der Waals surface area contributed by atoms with Gasteiger partial charge < -0.3 is 10.2 Å². The fourth-order valence-electron chi connectivity index (χ4n) is 2.61. The van der Waals surface area contributed by atoms with Crippen LogP contribution in [0.4, 0.5) is 5.69 Å². The molecule has 1 N–H and O–H groups in total. The number of nitrogens with one attached hydrogen (secondary N) is 1. The molecule has 1 amide bonds. The molecule has 0 saturated carbocycles. The van der Waals surface area contributed by atoms with Crippen LogP contribution in [0.25, 0.3) is 0 Å².